The van der Waals surface area contributed by atoms with Crippen molar-refractivity contribution in [2.45, 2.75) is 0 Å². The van der Waals surface area contributed by atoms with E-state index in [1.54, 1.807) is 11.6 Å². The normalized spacial score (nSPS) is 13.0. The zero-order valence-electron chi connectivity index (χ0n) is 5.22. The number of hydrogen-bond donors (Lipinski definition) is 1. The predicted molar refractivity (Wildman–Crippen MR) is 34.6 cm³/mol. The standard InChI is InChI=1S/C4H6N2O3S/c1-6-2-4(5-3-6)9-10(7)8/h2-3H,1H3,(H,7,8). The third-order valence-electron chi connectivity index (χ3n) is 0.838. The molecule has 0 spiro atoms. The lowest BCUT2D eigenvalue weighted by Crippen LogP contribution is -1.96. The highest BCUT2D eigenvalue weighted by Crippen LogP contribution is 2.04. The van der Waals surface area contributed by atoms with Crippen LogP contribution in [0.5, 0.6) is 5.88 Å². The van der Waals surface area contributed by atoms with Gasteiger partial charge < -0.3 is 8.75 Å². The molecule has 1 heterocycles. The molecule has 0 aliphatic carbocycles. The third kappa shape index (κ3) is 1.82. The molecule has 56 valence electrons. The van der Waals surface area contributed by atoms with Crippen LogP contribution in [-0.4, -0.2) is 18.3 Å². The highest BCUT2D eigenvalue weighted by atomic mass is 32.2. The van der Waals surface area contributed by atoms with Gasteiger partial charge in [0.05, 0.1) is 12.5 Å². The van der Waals surface area contributed by atoms with Gasteiger partial charge >= 0.3 is 11.4 Å². The first kappa shape index (κ1) is 7.23. The van der Waals surface area contributed by atoms with E-state index in [2.05, 4.69) is 9.17 Å². The second-order valence-corrected chi connectivity index (χ2v) is 2.28. The van der Waals surface area contributed by atoms with Crippen LogP contribution in [-0.2, 0) is 18.4 Å². The van der Waals surface area contributed by atoms with E-state index in [1.807, 2.05) is 0 Å². The Morgan fingerprint density at radius 3 is 3.00 bits per heavy atom. The molecule has 5 nitrogen and oxygen atoms in total. The monoisotopic (exact) mass is 162 g/mol. The molecule has 10 heavy (non-hydrogen) atoms. The topological polar surface area (TPSA) is 64.4 Å². The van der Waals surface area contributed by atoms with Crippen molar-refractivity contribution in [2.75, 3.05) is 0 Å². The van der Waals surface area contributed by atoms with Crippen LogP contribution in [0, 0.1) is 0 Å². The maximum atomic E-state index is 10.0. The van der Waals surface area contributed by atoms with Crippen molar-refractivity contribution in [1.29, 1.82) is 0 Å². The van der Waals surface area contributed by atoms with E-state index in [4.69, 9.17) is 4.55 Å². The van der Waals surface area contributed by atoms with Gasteiger partial charge in [-0.15, -0.1) is 0 Å². The number of rotatable bonds is 2. The first-order valence-corrected chi connectivity index (χ1v) is 3.49. The van der Waals surface area contributed by atoms with Crippen LogP contribution < -0.4 is 4.18 Å². The SMILES string of the molecule is Cn1cnc(OS(=O)O)c1. The molecule has 0 aromatic carbocycles. The molecular formula is C4H6N2O3S. The quantitative estimate of drug-likeness (QED) is 0.618. The molecule has 6 heteroatoms. The van der Waals surface area contributed by atoms with Gasteiger partial charge in [-0.1, -0.05) is 0 Å². The van der Waals surface area contributed by atoms with E-state index < -0.39 is 11.4 Å². The van der Waals surface area contributed by atoms with E-state index in [0.717, 1.165) is 0 Å². The van der Waals surface area contributed by atoms with Crippen molar-refractivity contribution < 1.29 is 12.9 Å². The molecule has 0 bridgehead atoms. The van der Waals surface area contributed by atoms with Gasteiger partial charge in [-0.25, -0.2) is 4.98 Å². The average Bonchev–Trinajstić information content (AvgIpc) is 2.13. The van der Waals surface area contributed by atoms with Gasteiger partial charge in [0.2, 0.25) is 0 Å². The Morgan fingerprint density at radius 2 is 2.60 bits per heavy atom. The molecule has 1 aromatic heterocycles. The average molecular weight is 162 g/mol. The fourth-order valence-corrected chi connectivity index (χ4v) is 0.737. The Balaban J connectivity index is 2.67. The van der Waals surface area contributed by atoms with Crippen LogP contribution in [0.4, 0.5) is 0 Å². The molecule has 0 saturated carbocycles. The van der Waals surface area contributed by atoms with Crippen molar-refractivity contribution in [2.24, 2.45) is 7.05 Å². The van der Waals surface area contributed by atoms with Crippen LogP contribution in [0.25, 0.3) is 0 Å². The van der Waals surface area contributed by atoms with Gasteiger partial charge in [0, 0.05) is 7.05 Å². The highest BCUT2D eigenvalue weighted by Gasteiger charge is 1.99. The summed E-state index contributed by atoms with van der Waals surface area (Å²) in [5.41, 5.74) is 0. The largest absolute Gasteiger partial charge is 0.359 e. The zero-order valence-corrected chi connectivity index (χ0v) is 6.04. The zero-order chi connectivity index (χ0) is 7.56. The van der Waals surface area contributed by atoms with Gasteiger partial charge in [-0.2, -0.15) is 4.21 Å². The fraction of sp³-hybridized carbons (Fsp3) is 0.250. The molecule has 0 radical (unpaired) electrons. The first-order chi connectivity index (χ1) is 4.68. The van der Waals surface area contributed by atoms with E-state index in [9.17, 15) is 4.21 Å². The maximum absolute atomic E-state index is 10.0. The van der Waals surface area contributed by atoms with Crippen LogP contribution in [0.2, 0.25) is 0 Å². The van der Waals surface area contributed by atoms with Crippen molar-refractivity contribution in [3.63, 3.8) is 0 Å². The van der Waals surface area contributed by atoms with Crippen molar-refractivity contribution >= 4 is 11.4 Å². The lowest BCUT2D eigenvalue weighted by Gasteiger charge is -1.90. The molecule has 0 fully saturated rings. The summed E-state index contributed by atoms with van der Waals surface area (Å²) in [5, 5.41) is 0. The minimum atomic E-state index is -2.28. The highest BCUT2D eigenvalue weighted by molar-refractivity contribution is 7.74. The molecule has 1 rings (SSSR count). The van der Waals surface area contributed by atoms with Gasteiger partial charge in [-0.05, 0) is 0 Å². The Kier molecular flexibility index (Phi) is 2.03. The van der Waals surface area contributed by atoms with Gasteiger partial charge in [0.25, 0.3) is 5.88 Å². The number of aromatic nitrogens is 2. The van der Waals surface area contributed by atoms with E-state index >= 15 is 0 Å². The Labute approximate surface area is 60.1 Å². The predicted octanol–water partition coefficient (Wildman–Crippen LogP) is -0.0644. The molecule has 1 unspecified atom stereocenters. The molecule has 0 saturated heterocycles. The molecule has 0 aliphatic heterocycles. The van der Waals surface area contributed by atoms with E-state index in [-0.39, 0.29) is 5.88 Å². The summed E-state index contributed by atoms with van der Waals surface area (Å²) in [6.45, 7) is 0. The van der Waals surface area contributed by atoms with Crippen molar-refractivity contribution in [1.82, 2.24) is 9.55 Å². The number of nitrogens with zero attached hydrogens (tertiary/aromatic N) is 2. The van der Waals surface area contributed by atoms with Crippen LogP contribution in [0.1, 0.15) is 0 Å². The summed E-state index contributed by atoms with van der Waals surface area (Å²) in [4.78, 5) is 3.64. The van der Waals surface area contributed by atoms with Gasteiger partial charge in [0.15, 0.2) is 0 Å². The summed E-state index contributed by atoms with van der Waals surface area (Å²) >= 11 is -2.28. The number of aryl methyl sites for hydroxylation is 1. The van der Waals surface area contributed by atoms with Crippen molar-refractivity contribution in [3.05, 3.63) is 12.5 Å². The summed E-state index contributed by atoms with van der Waals surface area (Å²) in [7, 11) is 1.74. The number of imidazole rings is 1. The Bertz CT molecular complexity index is 246. The lowest BCUT2D eigenvalue weighted by atomic mass is 10.8. The van der Waals surface area contributed by atoms with E-state index in [0.29, 0.717) is 0 Å². The smallest absolute Gasteiger partial charge is 0.358 e. The second kappa shape index (κ2) is 2.80. The van der Waals surface area contributed by atoms with Crippen LogP contribution in [0.15, 0.2) is 12.5 Å². The molecule has 1 atom stereocenters. The van der Waals surface area contributed by atoms with Crippen LogP contribution in [0.3, 0.4) is 0 Å². The molecule has 0 aliphatic rings. The Morgan fingerprint density at radius 1 is 1.90 bits per heavy atom. The first-order valence-electron chi connectivity index (χ1n) is 2.45. The van der Waals surface area contributed by atoms with Crippen molar-refractivity contribution in [3.8, 4) is 5.88 Å². The molecule has 1 N–H and O–H groups in total. The summed E-state index contributed by atoms with van der Waals surface area (Å²) in [5.74, 6) is 0.142. The maximum Gasteiger partial charge on any atom is 0.359 e. The Hall–Kier alpha value is -0.880. The van der Waals surface area contributed by atoms with E-state index in [1.165, 1.54) is 12.5 Å². The van der Waals surface area contributed by atoms with Crippen LogP contribution >= 0.6 is 0 Å². The summed E-state index contributed by atoms with van der Waals surface area (Å²) < 4.78 is 24.2. The number of hydrogen-bond acceptors (Lipinski definition) is 3. The minimum absolute atomic E-state index is 0.142. The third-order valence-corrected chi connectivity index (χ3v) is 1.15. The summed E-state index contributed by atoms with van der Waals surface area (Å²) in [6.07, 6.45) is 2.97. The summed E-state index contributed by atoms with van der Waals surface area (Å²) in [6, 6.07) is 0. The fourth-order valence-electron chi connectivity index (χ4n) is 0.505. The second-order valence-electron chi connectivity index (χ2n) is 1.68. The molecule has 0 amide bonds. The van der Waals surface area contributed by atoms with Gasteiger partial charge in [0.1, 0.15) is 0 Å². The molecular weight excluding hydrogens is 156 g/mol. The molecule has 1 aromatic rings. The minimum Gasteiger partial charge on any atom is -0.358 e. The van der Waals surface area contributed by atoms with Gasteiger partial charge in [-0.3, -0.25) is 4.55 Å². The lowest BCUT2D eigenvalue weighted by molar-refractivity contribution is 0.450.